The first-order chi connectivity index (χ1) is 7.45. The quantitative estimate of drug-likeness (QED) is 0.503. The normalized spacial score (nSPS) is 11.8. The minimum atomic E-state index is 0.257. The van der Waals surface area contributed by atoms with E-state index in [2.05, 4.69) is 44.0 Å². The van der Waals surface area contributed by atoms with Gasteiger partial charge in [-0.05, 0) is 53.8 Å². The second-order valence-electron chi connectivity index (χ2n) is 5.53. The Morgan fingerprint density at radius 1 is 1.12 bits per heavy atom. The summed E-state index contributed by atoms with van der Waals surface area (Å²) in [5.74, 6) is 2.66. The molecule has 0 aliphatic carbocycles. The van der Waals surface area contributed by atoms with Crippen LogP contribution in [0.1, 0.15) is 46.5 Å². The molecule has 0 bridgehead atoms. The van der Waals surface area contributed by atoms with Crippen LogP contribution in [0.15, 0.2) is 0 Å². The predicted octanol–water partition coefficient (Wildman–Crippen LogP) is 2.50. The molecule has 0 unspecified atom stereocenters. The molecular formula is C14H28N2. The molecule has 0 aromatic carbocycles. The first-order valence-electron chi connectivity index (χ1n) is 6.33. The van der Waals surface area contributed by atoms with Gasteiger partial charge in [0.25, 0.3) is 0 Å². The first-order valence-corrected chi connectivity index (χ1v) is 6.33. The smallest absolute Gasteiger partial charge is 0.0596 e. The van der Waals surface area contributed by atoms with Gasteiger partial charge in [-0.25, -0.2) is 0 Å². The van der Waals surface area contributed by atoms with Gasteiger partial charge in [0.15, 0.2) is 0 Å². The SMILES string of the molecule is C#CCN(C)CCCCCCNC(C)(C)C. The minimum Gasteiger partial charge on any atom is -0.312 e. The standard InChI is InChI=1S/C14H28N2/c1-6-12-16(5)13-10-8-7-9-11-15-14(2,3)4/h1,15H,7-13H2,2-5H3. The fourth-order valence-electron chi connectivity index (χ4n) is 1.56. The first kappa shape index (κ1) is 15.5. The summed E-state index contributed by atoms with van der Waals surface area (Å²) < 4.78 is 0. The second-order valence-corrected chi connectivity index (χ2v) is 5.53. The van der Waals surface area contributed by atoms with Gasteiger partial charge in [-0.3, -0.25) is 4.90 Å². The van der Waals surface area contributed by atoms with E-state index in [-0.39, 0.29) is 5.54 Å². The molecule has 0 atom stereocenters. The number of hydrogen-bond acceptors (Lipinski definition) is 2. The van der Waals surface area contributed by atoms with Gasteiger partial charge in [-0.2, -0.15) is 0 Å². The number of nitrogens with one attached hydrogen (secondary N) is 1. The third-order valence-electron chi connectivity index (χ3n) is 2.48. The van der Waals surface area contributed by atoms with Crippen LogP contribution in [0.25, 0.3) is 0 Å². The lowest BCUT2D eigenvalue weighted by molar-refractivity contribution is 0.359. The fraction of sp³-hybridized carbons (Fsp3) is 0.857. The van der Waals surface area contributed by atoms with E-state index in [1.807, 2.05) is 0 Å². The predicted molar refractivity (Wildman–Crippen MR) is 72.6 cm³/mol. The van der Waals surface area contributed by atoms with Crippen LogP contribution < -0.4 is 5.32 Å². The highest BCUT2D eigenvalue weighted by molar-refractivity contribution is 4.86. The molecule has 0 heterocycles. The van der Waals surface area contributed by atoms with Crippen LogP contribution in [-0.4, -0.2) is 37.1 Å². The van der Waals surface area contributed by atoms with Gasteiger partial charge in [-0.1, -0.05) is 18.8 Å². The molecule has 0 aliphatic heterocycles. The van der Waals surface area contributed by atoms with Crippen molar-refractivity contribution < 1.29 is 0 Å². The van der Waals surface area contributed by atoms with E-state index in [9.17, 15) is 0 Å². The van der Waals surface area contributed by atoms with Crippen LogP contribution in [0.4, 0.5) is 0 Å². The van der Waals surface area contributed by atoms with Crippen molar-refractivity contribution in [2.75, 3.05) is 26.7 Å². The van der Waals surface area contributed by atoms with E-state index in [0.717, 1.165) is 19.6 Å². The molecule has 16 heavy (non-hydrogen) atoms. The minimum absolute atomic E-state index is 0.257. The molecule has 0 saturated heterocycles. The van der Waals surface area contributed by atoms with E-state index < -0.39 is 0 Å². The highest BCUT2D eigenvalue weighted by atomic mass is 15.1. The van der Waals surface area contributed by atoms with Crippen molar-refractivity contribution in [1.82, 2.24) is 10.2 Å². The Kier molecular flexibility index (Phi) is 8.33. The summed E-state index contributed by atoms with van der Waals surface area (Å²) in [6.07, 6.45) is 10.4. The lowest BCUT2D eigenvalue weighted by atomic mass is 10.1. The second kappa shape index (κ2) is 8.61. The molecule has 0 fully saturated rings. The largest absolute Gasteiger partial charge is 0.312 e. The highest BCUT2D eigenvalue weighted by Gasteiger charge is 2.06. The van der Waals surface area contributed by atoms with Crippen molar-refractivity contribution in [3.8, 4) is 12.3 Å². The van der Waals surface area contributed by atoms with Crippen molar-refractivity contribution in [2.24, 2.45) is 0 Å². The number of hydrogen-bond donors (Lipinski definition) is 1. The van der Waals surface area contributed by atoms with E-state index in [1.165, 1.54) is 25.7 Å². The molecule has 0 rings (SSSR count). The molecule has 1 N–H and O–H groups in total. The Balaban J connectivity index is 3.19. The summed E-state index contributed by atoms with van der Waals surface area (Å²) in [5.41, 5.74) is 0.257. The van der Waals surface area contributed by atoms with Crippen LogP contribution >= 0.6 is 0 Å². The Hall–Kier alpha value is -0.520. The summed E-state index contributed by atoms with van der Waals surface area (Å²) in [6.45, 7) is 9.65. The summed E-state index contributed by atoms with van der Waals surface area (Å²) >= 11 is 0. The van der Waals surface area contributed by atoms with Crippen LogP contribution in [0.3, 0.4) is 0 Å². The molecule has 0 spiro atoms. The van der Waals surface area contributed by atoms with Gasteiger partial charge in [-0.15, -0.1) is 6.42 Å². The van der Waals surface area contributed by atoms with Crippen LogP contribution in [0.2, 0.25) is 0 Å². The zero-order valence-corrected chi connectivity index (χ0v) is 11.5. The number of unbranched alkanes of at least 4 members (excludes halogenated alkanes) is 3. The van der Waals surface area contributed by atoms with Crippen molar-refractivity contribution in [3.05, 3.63) is 0 Å². The average Bonchev–Trinajstić information content (AvgIpc) is 2.15. The highest BCUT2D eigenvalue weighted by Crippen LogP contribution is 2.03. The maximum absolute atomic E-state index is 5.24. The van der Waals surface area contributed by atoms with Gasteiger partial charge < -0.3 is 5.32 Å². The summed E-state index contributed by atoms with van der Waals surface area (Å²) in [7, 11) is 2.08. The van der Waals surface area contributed by atoms with E-state index in [0.29, 0.717) is 0 Å². The maximum atomic E-state index is 5.24. The molecule has 0 radical (unpaired) electrons. The molecule has 2 nitrogen and oxygen atoms in total. The zero-order valence-electron chi connectivity index (χ0n) is 11.5. The molecule has 94 valence electrons. The van der Waals surface area contributed by atoms with Gasteiger partial charge in [0.1, 0.15) is 0 Å². The van der Waals surface area contributed by atoms with Gasteiger partial charge in [0.2, 0.25) is 0 Å². The average molecular weight is 224 g/mol. The van der Waals surface area contributed by atoms with Gasteiger partial charge in [0.05, 0.1) is 6.54 Å². The fourth-order valence-corrected chi connectivity index (χ4v) is 1.56. The Morgan fingerprint density at radius 2 is 1.75 bits per heavy atom. The molecule has 0 aromatic rings. The zero-order chi connectivity index (χ0) is 12.4. The van der Waals surface area contributed by atoms with Gasteiger partial charge >= 0.3 is 0 Å². The Morgan fingerprint density at radius 3 is 2.31 bits per heavy atom. The number of terminal acetylenes is 1. The third-order valence-corrected chi connectivity index (χ3v) is 2.48. The van der Waals surface area contributed by atoms with Gasteiger partial charge in [0, 0.05) is 5.54 Å². The van der Waals surface area contributed by atoms with Crippen molar-refractivity contribution in [2.45, 2.75) is 52.0 Å². The van der Waals surface area contributed by atoms with E-state index >= 15 is 0 Å². The van der Waals surface area contributed by atoms with Crippen LogP contribution in [0.5, 0.6) is 0 Å². The summed E-state index contributed by atoms with van der Waals surface area (Å²) in [5, 5.41) is 3.50. The van der Waals surface area contributed by atoms with Crippen molar-refractivity contribution in [3.63, 3.8) is 0 Å². The molecule has 2 heteroatoms. The number of nitrogens with zero attached hydrogens (tertiary/aromatic N) is 1. The van der Waals surface area contributed by atoms with Crippen molar-refractivity contribution in [1.29, 1.82) is 0 Å². The molecular weight excluding hydrogens is 196 g/mol. The van der Waals surface area contributed by atoms with Crippen LogP contribution in [-0.2, 0) is 0 Å². The molecule has 0 aliphatic rings. The van der Waals surface area contributed by atoms with E-state index in [1.54, 1.807) is 0 Å². The lowest BCUT2D eigenvalue weighted by Gasteiger charge is -2.20. The van der Waals surface area contributed by atoms with E-state index in [4.69, 9.17) is 6.42 Å². The molecule has 0 saturated carbocycles. The molecule has 0 amide bonds. The Bertz CT molecular complexity index is 198. The van der Waals surface area contributed by atoms with Crippen LogP contribution in [0, 0.1) is 12.3 Å². The summed E-state index contributed by atoms with van der Waals surface area (Å²) in [4.78, 5) is 2.20. The third kappa shape index (κ3) is 11.6. The van der Waals surface area contributed by atoms with Crippen molar-refractivity contribution >= 4 is 0 Å². The maximum Gasteiger partial charge on any atom is 0.0596 e. The summed E-state index contributed by atoms with van der Waals surface area (Å²) in [6, 6.07) is 0. The topological polar surface area (TPSA) is 15.3 Å². The lowest BCUT2D eigenvalue weighted by Crippen LogP contribution is -2.36. The Labute approximate surface area is 102 Å². The molecule has 0 aromatic heterocycles. The number of rotatable bonds is 8. The monoisotopic (exact) mass is 224 g/mol.